The van der Waals surface area contributed by atoms with E-state index >= 15 is 0 Å². The normalized spacial score (nSPS) is 27.9. The van der Waals surface area contributed by atoms with E-state index in [0.29, 0.717) is 6.04 Å². The van der Waals surface area contributed by atoms with Gasteiger partial charge >= 0.3 is 0 Å². The molecule has 1 aliphatic heterocycles. The first-order valence-electron chi connectivity index (χ1n) is 5.72. The molecule has 0 unspecified atom stereocenters. The molecule has 1 saturated heterocycles. The van der Waals surface area contributed by atoms with E-state index in [-0.39, 0.29) is 6.10 Å². The summed E-state index contributed by atoms with van der Waals surface area (Å²) in [4.78, 5) is 2.45. The SMILES string of the molecule is C[C@@H]1C[C@H](O)CCN1Cc1ccccc1. The Balaban J connectivity index is 1.95. The van der Waals surface area contributed by atoms with Crippen LogP contribution < -0.4 is 0 Å². The highest BCUT2D eigenvalue weighted by Gasteiger charge is 2.23. The van der Waals surface area contributed by atoms with Crippen molar-refractivity contribution in [1.29, 1.82) is 0 Å². The maximum atomic E-state index is 9.54. The van der Waals surface area contributed by atoms with Crippen molar-refractivity contribution in [3.05, 3.63) is 35.9 Å². The second-order valence-corrected chi connectivity index (χ2v) is 4.48. The Morgan fingerprint density at radius 2 is 2.07 bits per heavy atom. The van der Waals surface area contributed by atoms with Crippen LogP contribution in [0.25, 0.3) is 0 Å². The molecule has 0 aromatic heterocycles. The number of nitrogens with zero attached hydrogens (tertiary/aromatic N) is 1. The number of piperidine rings is 1. The van der Waals surface area contributed by atoms with Gasteiger partial charge in [-0.3, -0.25) is 4.90 Å². The molecule has 1 fully saturated rings. The fourth-order valence-corrected chi connectivity index (χ4v) is 2.25. The summed E-state index contributed by atoms with van der Waals surface area (Å²) >= 11 is 0. The lowest BCUT2D eigenvalue weighted by molar-refractivity contribution is 0.0442. The highest BCUT2D eigenvalue weighted by molar-refractivity contribution is 5.14. The number of likely N-dealkylation sites (tertiary alicyclic amines) is 1. The molecule has 0 aliphatic carbocycles. The molecule has 0 saturated carbocycles. The maximum Gasteiger partial charge on any atom is 0.0567 e. The van der Waals surface area contributed by atoms with Gasteiger partial charge in [-0.2, -0.15) is 0 Å². The summed E-state index contributed by atoms with van der Waals surface area (Å²) < 4.78 is 0. The first-order valence-corrected chi connectivity index (χ1v) is 5.72. The third-order valence-electron chi connectivity index (χ3n) is 3.21. The van der Waals surface area contributed by atoms with E-state index in [9.17, 15) is 5.11 Å². The van der Waals surface area contributed by atoms with Crippen molar-refractivity contribution in [3.63, 3.8) is 0 Å². The monoisotopic (exact) mass is 205 g/mol. The maximum absolute atomic E-state index is 9.54. The van der Waals surface area contributed by atoms with Crippen molar-refractivity contribution in [1.82, 2.24) is 4.90 Å². The van der Waals surface area contributed by atoms with Crippen LogP contribution in [0, 0.1) is 0 Å². The Bertz CT molecular complexity index is 299. The van der Waals surface area contributed by atoms with Crippen LogP contribution in [0.5, 0.6) is 0 Å². The second kappa shape index (κ2) is 4.77. The van der Waals surface area contributed by atoms with E-state index in [1.54, 1.807) is 0 Å². The highest BCUT2D eigenvalue weighted by Crippen LogP contribution is 2.19. The standard InChI is InChI=1S/C13H19NO/c1-11-9-13(15)7-8-14(11)10-12-5-3-2-4-6-12/h2-6,11,13,15H,7-10H2,1H3/t11-,13-/m1/s1. The van der Waals surface area contributed by atoms with Crippen molar-refractivity contribution < 1.29 is 5.11 Å². The summed E-state index contributed by atoms with van der Waals surface area (Å²) in [6, 6.07) is 11.0. The average Bonchev–Trinajstić information content (AvgIpc) is 2.24. The molecule has 15 heavy (non-hydrogen) atoms. The van der Waals surface area contributed by atoms with E-state index in [4.69, 9.17) is 0 Å². The summed E-state index contributed by atoms with van der Waals surface area (Å²) in [6.07, 6.45) is 1.73. The molecular weight excluding hydrogens is 186 g/mol. The summed E-state index contributed by atoms with van der Waals surface area (Å²) in [6.45, 7) is 4.22. The number of aliphatic hydroxyl groups is 1. The van der Waals surface area contributed by atoms with Gasteiger partial charge in [0.15, 0.2) is 0 Å². The quantitative estimate of drug-likeness (QED) is 0.798. The highest BCUT2D eigenvalue weighted by atomic mass is 16.3. The molecule has 2 nitrogen and oxygen atoms in total. The Labute approximate surface area is 91.5 Å². The van der Waals surface area contributed by atoms with Crippen molar-refractivity contribution in [2.75, 3.05) is 6.54 Å². The number of hydrogen-bond donors (Lipinski definition) is 1. The topological polar surface area (TPSA) is 23.5 Å². The van der Waals surface area contributed by atoms with Gasteiger partial charge in [0.25, 0.3) is 0 Å². The smallest absolute Gasteiger partial charge is 0.0567 e. The number of benzene rings is 1. The predicted octanol–water partition coefficient (Wildman–Crippen LogP) is 2.03. The molecule has 1 heterocycles. The third-order valence-corrected chi connectivity index (χ3v) is 3.21. The van der Waals surface area contributed by atoms with Crippen molar-refractivity contribution in [3.8, 4) is 0 Å². The van der Waals surface area contributed by atoms with Gasteiger partial charge in [0.05, 0.1) is 6.10 Å². The Kier molecular flexibility index (Phi) is 3.39. The van der Waals surface area contributed by atoms with Crippen molar-refractivity contribution >= 4 is 0 Å². The van der Waals surface area contributed by atoms with Crippen LogP contribution in [-0.4, -0.2) is 28.7 Å². The summed E-state index contributed by atoms with van der Waals surface area (Å²) in [5, 5.41) is 9.54. The van der Waals surface area contributed by atoms with Gasteiger partial charge in [-0.05, 0) is 25.3 Å². The van der Waals surface area contributed by atoms with Crippen LogP contribution in [0.15, 0.2) is 30.3 Å². The zero-order chi connectivity index (χ0) is 10.7. The number of aliphatic hydroxyl groups excluding tert-OH is 1. The zero-order valence-electron chi connectivity index (χ0n) is 9.26. The minimum absolute atomic E-state index is 0.0907. The van der Waals surface area contributed by atoms with Crippen LogP contribution in [0.4, 0.5) is 0 Å². The van der Waals surface area contributed by atoms with E-state index in [0.717, 1.165) is 25.9 Å². The fraction of sp³-hybridized carbons (Fsp3) is 0.538. The Morgan fingerprint density at radius 1 is 1.33 bits per heavy atom. The molecule has 82 valence electrons. The van der Waals surface area contributed by atoms with Crippen LogP contribution in [0.3, 0.4) is 0 Å². The van der Waals surface area contributed by atoms with E-state index in [1.807, 2.05) is 6.07 Å². The summed E-state index contributed by atoms with van der Waals surface area (Å²) in [5.41, 5.74) is 1.36. The van der Waals surface area contributed by atoms with Crippen LogP contribution in [0.1, 0.15) is 25.3 Å². The molecule has 0 spiro atoms. The molecule has 1 aromatic carbocycles. The van der Waals surface area contributed by atoms with Gasteiger partial charge in [0, 0.05) is 19.1 Å². The third kappa shape index (κ3) is 2.80. The molecule has 0 radical (unpaired) electrons. The van der Waals surface area contributed by atoms with Gasteiger partial charge in [0.1, 0.15) is 0 Å². The largest absolute Gasteiger partial charge is 0.393 e. The zero-order valence-corrected chi connectivity index (χ0v) is 9.26. The lowest BCUT2D eigenvalue weighted by atomic mass is 10.00. The summed E-state index contributed by atoms with van der Waals surface area (Å²) in [5.74, 6) is 0. The lowest BCUT2D eigenvalue weighted by Crippen LogP contribution is -2.41. The molecule has 2 atom stereocenters. The first-order chi connectivity index (χ1) is 7.25. The molecular formula is C13H19NO. The lowest BCUT2D eigenvalue weighted by Gasteiger charge is -2.35. The minimum atomic E-state index is -0.0907. The van der Waals surface area contributed by atoms with E-state index < -0.39 is 0 Å². The summed E-state index contributed by atoms with van der Waals surface area (Å²) in [7, 11) is 0. The van der Waals surface area contributed by atoms with Crippen molar-refractivity contribution in [2.45, 2.75) is 38.5 Å². The van der Waals surface area contributed by atoms with Gasteiger partial charge in [-0.15, -0.1) is 0 Å². The molecule has 1 N–H and O–H groups in total. The van der Waals surface area contributed by atoms with Gasteiger partial charge in [-0.1, -0.05) is 30.3 Å². The van der Waals surface area contributed by atoms with E-state index in [1.165, 1.54) is 5.56 Å². The van der Waals surface area contributed by atoms with Gasteiger partial charge < -0.3 is 5.11 Å². The van der Waals surface area contributed by atoms with Gasteiger partial charge in [-0.25, -0.2) is 0 Å². The first kappa shape index (κ1) is 10.7. The predicted molar refractivity (Wildman–Crippen MR) is 61.6 cm³/mol. The van der Waals surface area contributed by atoms with Crippen molar-refractivity contribution in [2.24, 2.45) is 0 Å². The molecule has 1 aliphatic rings. The van der Waals surface area contributed by atoms with Crippen LogP contribution in [0.2, 0.25) is 0 Å². The Morgan fingerprint density at radius 3 is 2.73 bits per heavy atom. The van der Waals surface area contributed by atoms with Crippen LogP contribution >= 0.6 is 0 Å². The van der Waals surface area contributed by atoms with E-state index in [2.05, 4.69) is 36.1 Å². The molecule has 2 heteroatoms. The molecule has 0 amide bonds. The van der Waals surface area contributed by atoms with Gasteiger partial charge in [0.2, 0.25) is 0 Å². The fourth-order valence-electron chi connectivity index (χ4n) is 2.25. The molecule has 2 rings (SSSR count). The number of rotatable bonds is 2. The molecule has 1 aromatic rings. The second-order valence-electron chi connectivity index (χ2n) is 4.48. The average molecular weight is 205 g/mol. The van der Waals surface area contributed by atoms with Crippen LogP contribution in [-0.2, 0) is 6.54 Å². The minimum Gasteiger partial charge on any atom is -0.393 e. The Hall–Kier alpha value is -0.860. The molecule has 0 bridgehead atoms. The number of hydrogen-bond acceptors (Lipinski definition) is 2.